The number of aliphatic imine (C=N–C) groups is 1. The summed E-state index contributed by atoms with van der Waals surface area (Å²) in [6.45, 7) is 12.9. The minimum Gasteiger partial charge on any atom is -0.326 e. The standard InChI is InChI=1S/C26H33N5O/c1-17-9-8-10-22(15-17)28-25(27-16-23-18(2)30-31(7)19(23)3)29-24(32)20-11-13-21(14-12-20)26(4,5)6/h8-15H,16H2,1-7H3,(H2,27,28,29,32). The maximum Gasteiger partial charge on any atom is 0.257 e. The fraction of sp³-hybridized carbons (Fsp3) is 0.346. The number of carbonyl (C=O) groups is 1. The SMILES string of the molecule is Cc1cccc(NC(=NCc2c(C)nn(C)c2C)NC(=O)c2ccc(C(C)(C)C)cc2)c1. The Hall–Kier alpha value is -3.41. The molecule has 0 spiro atoms. The number of rotatable bonds is 4. The van der Waals surface area contributed by atoms with Crippen LogP contribution in [-0.4, -0.2) is 21.6 Å². The van der Waals surface area contributed by atoms with Crippen LogP contribution in [0.3, 0.4) is 0 Å². The van der Waals surface area contributed by atoms with E-state index in [4.69, 9.17) is 4.99 Å². The second kappa shape index (κ2) is 9.39. The molecule has 0 unspecified atom stereocenters. The summed E-state index contributed by atoms with van der Waals surface area (Å²) in [5, 5.41) is 10.7. The lowest BCUT2D eigenvalue weighted by Crippen LogP contribution is -2.36. The molecule has 0 aliphatic carbocycles. The topological polar surface area (TPSA) is 71.3 Å². The molecule has 1 aromatic heterocycles. The molecular formula is C26H33N5O. The Morgan fingerprint density at radius 3 is 2.31 bits per heavy atom. The number of anilines is 1. The van der Waals surface area contributed by atoms with Gasteiger partial charge in [-0.25, -0.2) is 4.99 Å². The first kappa shape index (κ1) is 23.3. The highest BCUT2D eigenvalue weighted by Crippen LogP contribution is 2.22. The van der Waals surface area contributed by atoms with Crippen LogP contribution < -0.4 is 10.6 Å². The number of guanidine groups is 1. The van der Waals surface area contributed by atoms with Gasteiger partial charge in [-0.2, -0.15) is 5.10 Å². The molecule has 0 bridgehead atoms. The Morgan fingerprint density at radius 1 is 1.06 bits per heavy atom. The van der Waals surface area contributed by atoms with Crippen molar-refractivity contribution in [1.29, 1.82) is 0 Å². The summed E-state index contributed by atoms with van der Waals surface area (Å²) in [5.41, 5.74) is 6.85. The largest absolute Gasteiger partial charge is 0.326 e. The molecule has 1 heterocycles. The maximum absolute atomic E-state index is 13.0. The summed E-state index contributed by atoms with van der Waals surface area (Å²) in [6, 6.07) is 15.7. The van der Waals surface area contributed by atoms with Crippen molar-refractivity contribution in [1.82, 2.24) is 15.1 Å². The average Bonchev–Trinajstić information content (AvgIpc) is 2.97. The Balaban J connectivity index is 1.85. The normalized spacial score (nSPS) is 12.0. The summed E-state index contributed by atoms with van der Waals surface area (Å²) >= 11 is 0. The fourth-order valence-corrected chi connectivity index (χ4v) is 3.48. The number of hydrogen-bond donors (Lipinski definition) is 2. The van der Waals surface area contributed by atoms with Gasteiger partial charge < -0.3 is 5.32 Å². The minimum absolute atomic E-state index is 0.0355. The third-order valence-electron chi connectivity index (χ3n) is 5.58. The average molecular weight is 432 g/mol. The molecule has 0 radical (unpaired) electrons. The van der Waals surface area contributed by atoms with Crippen molar-refractivity contribution in [3.8, 4) is 0 Å². The van der Waals surface area contributed by atoms with Gasteiger partial charge in [-0.05, 0) is 61.6 Å². The summed E-state index contributed by atoms with van der Waals surface area (Å²) in [6.07, 6.45) is 0. The van der Waals surface area contributed by atoms with Crippen LogP contribution in [0.5, 0.6) is 0 Å². The third-order valence-corrected chi connectivity index (χ3v) is 5.58. The van der Waals surface area contributed by atoms with E-state index in [0.717, 1.165) is 28.2 Å². The van der Waals surface area contributed by atoms with Crippen LogP contribution in [0.1, 0.15) is 59.2 Å². The molecule has 2 aromatic carbocycles. The van der Waals surface area contributed by atoms with Crippen molar-refractivity contribution >= 4 is 17.6 Å². The van der Waals surface area contributed by atoms with E-state index < -0.39 is 0 Å². The molecule has 0 aliphatic rings. The van der Waals surface area contributed by atoms with E-state index in [2.05, 4.69) is 36.5 Å². The van der Waals surface area contributed by atoms with Gasteiger partial charge in [0.15, 0.2) is 0 Å². The van der Waals surface area contributed by atoms with E-state index in [0.29, 0.717) is 18.1 Å². The predicted octanol–water partition coefficient (Wildman–Crippen LogP) is 5.04. The zero-order chi connectivity index (χ0) is 23.5. The van der Waals surface area contributed by atoms with Crippen molar-refractivity contribution in [2.45, 2.75) is 53.5 Å². The number of carbonyl (C=O) groups excluding carboxylic acids is 1. The molecule has 0 aliphatic heterocycles. The molecule has 3 aromatic rings. The zero-order valence-electron chi connectivity index (χ0n) is 20.1. The highest BCUT2D eigenvalue weighted by molar-refractivity contribution is 6.10. The first-order chi connectivity index (χ1) is 15.0. The quantitative estimate of drug-likeness (QED) is 0.449. The van der Waals surface area contributed by atoms with Gasteiger partial charge in [0, 0.05) is 29.6 Å². The molecule has 2 N–H and O–H groups in total. The predicted molar refractivity (Wildman–Crippen MR) is 131 cm³/mol. The van der Waals surface area contributed by atoms with Gasteiger partial charge in [0.2, 0.25) is 5.96 Å². The Bertz CT molecular complexity index is 1130. The van der Waals surface area contributed by atoms with E-state index in [1.54, 1.807) is 0 Å². The van der Waals surface area contributed by atoms with Crippen LogP contribution in [0.25, 0.3) is 0 Å². The van der Waals surface area contributed by atoms with Gasteiger partial charge >= 0.3 is 0 Å². The zero-order valence-corrected chi connectivity index (χ0v) is 20.1. The van der Waals surface area contributed by atoms with Crippen molar-refractivity contribution in [2.75, 3.05) is 5.32 Å². The first-order valence-corrected chi connectivity index (χ1v) is 10.8. The highest BCUT2D eigenvalue weighted by Gasteiger charge is 2.16. The lowest BCUT2D eigenvalue weighted by molar-refractivity contribution is 0.0977. The Kier molecular flexibility index (Phi) is 6.82. The Morgan fingerprint density at radius 2 is 1.75 bits per heavy atom. The van der Waals surface area contributed by atoms with Gasteiger partial charge in [0.05, 0.1) is 12.2 Å². The fourth-order valence-electron chi connectivity index (χ4n) is 3.48. The number of nitrogens with one attached hydrogen (secondary N) is 2. The summed E-state index contributed by atoms with van der Waals surface area (Å²) in [5.74, 6) is 0.201. The molecule has 6 nitrogen and oxygen atoms in total. The van der Waals surface area contributed by atoms with E-state index in [1.165, 1.54) is 5.56 Å². The van der Waals surface area contributed by atoms with E-state index in [1.807, 2.05) is 81.0 Å². The van der Waals surface area contributed by atoms with Gasteiger partial charge in [0.25, 0.3) is 5.91 Å². The summed E-state index contributed by atoms with van der Waals surface area (Å²) < 4.78 is 1.85. The lowest BCUT2D eigenvalue weighted by Gasteiger charge is -2.19. The van der Waals surface area contributed by atoms with Crippen LogP contribution in [0.15, 0.2) is 53.5 Å². The smallest absolute Gasteiger partial charge is 0.257 e. The van der Waals surface area contributed by atoms with Crippen LogP contribution in [-0.2, 0) is 19.0 Å². The van der Waals surface area contributed by atoms with Crippen molar-refractivity contribution < 1.29 is 4.79 Å². The van der Waals surface area contributed by atoms with Crippen LogP contribution in [0.4, 0.5) is 5.69 Å². The molecule has 32 heavy (non-hydrogen) atoms. The van der Waals surface area contributed by atoms with Crippen molar-refractivity contribution in [2.24, 2.45) is 12.0 Å². The molecular weight excluding hydrogens is 398 g/mol. The molecule has 0 saturated carbocycles. The summed E-state index contributed by atoms with van der Waals surface area (Å²) in [7, 11) is 1.92. The molecule has 1 amide bonds. The van der Waals surface area contributed by atoms with Crippen LogP contribution in [0.2, 0.25) is 0 Å². The lowest BCUT2D eigenvalue weighted by atomic mass is 9.87. The van der Waals surface area contributed by atoms with E-state index in [9.17, 15) is 4.79 Å². The maximum atomic E-state index is 13.0. The monoisotopic (exact) mass is 431 g/mol. The van der Waals surface area contributed by atoms with E-state index >= 15 is 0 Å². The van der Waals surface area contributed by atoms with Gasteiger partial charge in [-0.1, -0.05) is 45.0 Å². The number of amides is 1. The highest BCUT2D eigenvalue weighted by atomic mass is 16.1. The molecule has 0 atom stereocenters. The van der Waals surface area contributed by atoms with Gasteiger partial charge in [-0.3, -0.25) is 14.8 Å². The van der Waals surface area contributed by atoms with Crippen LogP contribution in [0, 0.1) is 20.8 Å². The van der Waals surface area contributed by atoms with Crippen molar-refractivity contribution in [3.63, 3.8) is 0 Å². The van der Waals surface area contributed by atoms with Gasteiger partial charge in [-0.15, -0.1) is 0 Å². The number of aromatic nitrogens is 2. The third kappa shape index (κ3) is 5.63. The molecule has 6 heteroatoms. The first-order valence-electron chi connectivity index (χ1n) is 10.8. The molecule has 3 rings (SSSR count). The second-order valence-electron chi connectivity index (χ2n) is 9.21. The Labute approximate surface area is 190 Å². The second-order valence-corrected chi connectivity index (χ2v) is 9.21. The van der Waals surface area contributed by atoms with Crippen molar-refractivity contribution in [3.05, 3.63) is 82.2 Å². The molecule has 0 saturated heterocycles. The number of benzene rings is 2. The molecule has 168 valence electrons. The molecule has 0 fully saturated rings. The minimum atomic E-state index is -0.205. The van der Waals surface area contributed by atoms with Crippen LogP contribution >= 0.6 is 0 Å². The number of aryl methyl sites for hydroxylation is 3. The number of nitrogens with zero attached hydrogens (tertiary/aromatic N) is 3. The van der Waals surface area contributed by atoms with Gasteiger partial charge in [0.1, 0.15) is 0 Å². The van der Waals surface area contributed by atoms with E-state index in [-0.39, 0.29) is 11.3 Å². The number of hydrogen-bond acceptors (Lipinski definition) is 3. The summed E-state index contributed by atoms with van der Waals surface area (Å²) in [4.78, 5) is 17.7.